The molecule has 2 rings (SSSR count). The van der Waals surface area contributed by atoms with E-state index in [4.69, 9.17) is 0 Å². The summed E-state index contributed by atoms with van der Waals surface area (Å²) in [6, 6.07) is 18.0. The Hall–Kier alpha value is -1.89. The minimum absolute atomic E-state index is 0.231. The molecule has 0 saturated carbocycles. The monoisotopic (exact) mass is 252 g/mol. The predicted molar refractivity (Wildman–Crippen MR) is 79.6 cm³/mol. The van der Waals surface area contributed by atoms with Gasteiger partial charge in [-0.15, -0.1) is 0 Å². The second-order valence-electron chi connectivity index (χ2n) is 5.01. The number of carbonyl (C=O) groups is 1. The molecule has 0 amide bonds. The summed E-state index contributed by atoms with van der Waals surface area (Å²) >= 11 is 0. The fourth-order valence-electron chi connectivity index (χ4n) is 2.39. The molecule has 0 radical (unpaired) electrons. The van der Waals surface area contributed by atoms with Crippen molar-refractivity contribution in [1.82, 2.24) is 0 Å². The molecule has 0 unspecified atom stereocenters. The molecule has 0 aliphatic heterocycles. The summed E-state index contributed by atoms with van der Waals surface area (Å²) in [6.45, 7) is 4.24. The summed E-state index contributed by atoms with van der Waals surface area (Å²) < 4.78 is 0. The molecule has 0 saturated heterocycles. The van der Waals surface area contributed by atoms with Crippen molar-refractivity contribution in [2.45, 2.75) is 32.6 Å². The predicted octanol–water partition coefficient (Wildman–Crippen LogP) is 4.76. The lowest BCUT2D eigenvalue weighted by Crippen LogP contribution is -2.07. The molecule has 0 fully saturated rings. The molecule has 1 nitrogen and oxygen atoms in total. The Balaban J connectivity index is 2.14. The maximum absolute atomic E-state index is 12.3. The fourth-order valence-corrected chi connectivity index (χ4v) is 2.39. The second-order valence-corrected chi connectivity index (χ2v) is 5.01. The molecule has 0 aromatic heterocycles. The van der Waals surface area contributed by atoms with Crippen LogP contribution in [0, 0.1) is 6.92 Å². The third-order valence-corrected chi connectivity index (χ3v) is 3.53. The Kier molecular flexibility index (Phi) is 4.51. The number of rotatable bonds is 5. The molecule has 0 bridgehead atoms. The minimum Gasteiger partial charge on any atom is -0.294 e. The Morgan fingerprint density at radius 3 is 2.42 bits per heavy atom. The smallest absolute Gasteiger partial charge is 0.163 e. The van der Waals surface area contributed by atoms with Crippen LogP contribution in [0.5, 0.6) is 0 Å². The molecule has 98 valence electrons. The molecular weight excluding hydrogens is 232 g/mol. The average molecular weight is 252 g/mol. The van der Waals surface area contributed by atoms with Gasteiger partial charge in [-0.2, -0.15) is 0 Å². The first-order chi connectivity index (χ1) is 9.20. The molecule has 1 heteroatoms. The average Bonchev–Trinajstić information content (AvgIpc) is 2.45. The zero-order chi connectivity index (χ0) is 13.7. The number of Topliss-reactive ketones (excluding diaryl/α,β-unsaturated/α-hetero) is 1. The third kappa shape index (κ3) is 3.54. The Bertz CT molecular complexity index is 543. The van der Waals surface area contributed by atoms with Crippen LogP contribution in [0.4, 0.5) is 0 Å². The van der Waals surface area contributed by atoms with E-state index in [-0.39, 0.29) is 5.78 Å². The molecule has 19 heavy (non-hydrogen) atoms. The summed E-state index contributed by atoms with van der Waals surface area (Å²) in [4.78, 5) is 12.3. The van der Waals surface area contributed by atoms with Crippen LogP contribution in [0.2, 0.25) is 0 Å². The number of aryl methyl sites for hydroxylation is 1. The first-order valence-corrected chi connectivity index (χ1v) is 6.85. The fraction of sp³-hybridized carbons (Fsp3) is 0.278. The van der Waals surface area contributed by atoms with Crippen LogP contribution in [0.3, 0.4) is 0 Å². The van der Waals surface area contributed by atoms with Crippen molar-refractivity contribution in [3.8, 4) is 0 Å². The van der Waals surface area contributed by atoms with E-state index in [1.807, 2.05) is 30.3 Å². The molecule has 0 N–H and O–H groups in total. The molecule has 0 aliphatic carbocycles. The third-order valence-electron chi connectivity index (χ3n) is 3.53. The maximum Gasteiger partial charge on any atom is 0.163 e. The number of benzene rings is 2. The van der Waals surface area contributed by atoms with Gasteiger partial charge >= 0.3 is 0 Å². The molecule has 2 aromatic rings. The van der Waals surface area contributed by atoms with Crippen molar-refractivity contribution in [3.63, 3.8) is 0 Å². The van der Waals surface area contributed by atoms with Gasteiger partial charge in [-0.05, 0) is 24.8 Å². The number of ketones is 1. The number of hydrogen-bond acceptors (Lipinski definition) is 1. The minimum atomic E-state index is 0.231. The van der Waals surface area contributed by atoms with Crippen molar-refractivity contribution in [1.29, 1.82) is 0 Å². The summed E-state index contributed by atoms with van der Waals surface area (Å²) in [5, 5.41) is 0. The topological polar surface area (TPSA) is 17.1 Å². The van der Waals surface area contributed by atoms with Crippen LogP contribution in [0.1, 0.15) is 47.2 Å². The molecule has 0 heterocycles. The van der Waals surface area contributed by atoms with Crippen molar-refractivity contribution >= 4 is 5.78 Å². The van der Waals surface area contributed by atoms with Crippen molar-refractivity contribution in [2.24, 2.45) is 0 Å². The Morgan fingerprint density at radius 1 is 1.05 bits per heavy atom. The zero-order valence-electron chi connectivity index (χ0n) is 11.6. The van der Waals surface area contributed by atoms with E-state index >= 15 is 0 Å². The lowest BCUT2D eigenvalue weighted by Gasteiger charge is -2.15. The van der Waals surface area contributed by atoms with E-state index in [1.54, 1.807) is 0 Å². The van der Waals surface area contributed by atoms with Gasteiger partial charge in [0.1, 0.15) is 0 Å². The van der Waals surface area contributed by atoms with Crippen molar-refractivity contribution in [3.05, 3.63) is 71.3 Å². The van der Waals surface area contributed by atoms with Crippen LogP contribution >= 0.6 is 0 Å². The van der Waals surface area contributed by atoms with Gasteiger partial charge in [-0.3, -0.25) is 4.79 Å². The number of carbonyl (C=O) groups excluding carboxylic acids is 1. The van der Waals surface area contributed by atoms with Gasteiger partial charge in [0.15, 0.2) is 5.78 Å². The molecule has 0 aliphatic rings. The highest BCUT2D eigenvalue weighted by Gasteiger charge is 2.15. The maximum atomic E-state index is 12.3. The standard InChI is InChI=1S/C18H20O/c1-3-15(17-11-7-8-14(2)12-17)13-18(19)16-9-5-4-6-10-16/h4-12,15H,3,13H2,1-2H3/t15-/m0/s1. The van der Waals surface area contributed by atoms with Gasteiger partial charge in [0, 0.05) is 12.0 Å². The van der Waals surface area contributed by atoms with Gasteiger partial charge < -0.3 is 0 Å². The van der Waals surface area contributed by atoms with Gasteiger partial charge in [-0.25, -0.2) is 0 Å². The summed E-state index contributed by atoms with van der Waals surface area (Å²) in [5.74, 6) is 0.543. The summed E-state index contributed by atoms with van der Waals surface area (Å²) in [5.41, 5.74) is 3.34. The first kappa shape index (κ1) is 13.5. The quantitative estimate of drug-likeness (QED) is 0.701. The van der Waals surface area contributed by atoms with E-state index < -0.39 is 0 Å². The lowest BCUT2D eigenvalue weighted by molar-refractivity contribution is 0.0973. The number of hydrogen-bond donors (Lipinski definition) is 0. The van der Waals surface area contributed by atoms with E-state index in [1.165, 1.54) is 11.1 Å². The van der Waals surface area contributed by atoms with Gasteiger partial charge in [-0.1, -0.05) is 67.1 Å². The highest BCUT2D eigenvalue weighted by Crippen LogP contribution is 2.25. The van der Waals surface area contributed by atoms with E-state index in [0.717, 1.165) is 12.0 Å². The van der Waals surface area contributed by atoms with E-state index in [0.29, 0.717) is 12.3 Å². The van der Waals surface area contributed by atoms with Crippen LogP contribution in [0.25, 0.3) is 0 Å². The van der Waals surface area contributed by atoms with Crippen molar-refractivity contribution in [2.75, 3.05) is 0 Å². The lowest BCUT2D eigenvalue weighted by atomic mass is 9.89. The molecular formula is C18H20O. The van der Waals surface area contributed by atoms with Gasteiger partial charge in [0.25, 0.3) is 0 Å². The van der Waals surface area contributed by atoms with Crippen LogP contribution in [0.15, 0.2) is 54.6 Å². The molecule has 0 spiro atoms. The van der Waals surface area contributed by atoms with Crippen molar-refractivity contribution < 1.29 is 4.79 Å². The zero-order valence-corrected chi connectivity index (χ0v) is 11.6. The second kappa shape index (κ2) is 6.33. The summed E-state index contributed by atoms with van der Waals surface area (Å²) in [7, 11) is 0. The van der Waals surface area contributed by atoms with Crippen LogP contribution in [-0.2, 0) is 0 Å². The normalized spacial score (nSPS) is 12.1. The van der Waals surface area contributed by atoms with Gasteiger partial charge in [0.2, 0.25) is 0 Å². The highest BCUT2D eigenvalue weighted by molar-refractivity contribution is 5.96. The van der Waals surface area contributed by atoms with Crippen LogP contribution < -0.4 is 0 Å². The van der Waals surface area contributed by atoms with Crippen LogP contribution in [-0.4, -0.2) is 5.78 Å². The first-order valence-electron chi connectivity index (χ1n) is 6.85. The molecule has 1 atom stereocenters. The summed E-state index contributed by atoms with van der Waals surface area (Å²) in [6.07, 6.45) is 1.58. The SMILES string of the molecule is CC[C@@H](CC(=O)c1ccccc1)c1cccc(C)c1. The molecule has 2 aromatic carbocycles. The Morgan fingerprint density at radius 2 is 1.79 bits per heavy atom. The highest BCUT2D eigenvalue weighted by atomic mass is 16.1. The Labute approximate surface area is 115 Å². The van der Waals surface area contributed by atoms with E-state index in [9.17, 15) is 4.79 Å². The van der Waals surface area contributed by atoms with E-state index in [2.05, 4.69) is 38.1 Å². The largest absolute Gasteiger partial charge is 0.294 e. The van der Waals surface area contributed by atoms with Gasteiger partial charge in [0.05, 0.1) is 0 Å².